The van der Waals surface area contributed by atoms with E-state index in [-0.39, 0.29) is 48.0 Å². The minimum atomic E-state index is -0.263. The number of amides is 1. The first-order chi connectivity index (χ1) is 23.0. The second-order valence-corrected chi connectivity index (χ2v) is 12.4. The van der Waals surface area contributed by atoms with Gasteiger partial charge in [-0.2, -0.15) is 0 Å². The molecule has 0 saturated heterocycles. The number of ether oxygens (including phenoxy) is 2. The molecule has 9 heteroatoms. The lowest BCUT2D eigenvalue weighted by Gasteiger charge is -2.39. The van der Waals surface area contributed by atoms with E-state index in [9.17, 15) is 9.18 Å². The third-order valence-electron chi connectivity index (χ3n) is 9.69. The molecule has 0 spiro atoms. The number of rotatable bonds is 16. The Morgan fingerprint density at radius 3 is 2.06 bits per heavy atom. The summed E-state index contributed by atoms with van der Waals surface area (Å²) in [6, 6.07) is 32.3. The van der Waals surface area contributed by atoms with Crippen molar-refractivity contribution in [2.75, 3.05) is 40.4 Å². The zero-order valence-corrected chi connectivity index (χ0v) is 30.2. The summed E-state index contributed by atoms with van der Waals surface area (Å²) in [6.07, 6.45) is 5.62. The summed E-state index contributed by atoms with van der Waals surface area (Å²) < 4.78 is 24.4. The van der Waals surface area contributed by atoms with Crippen LogP contribution in [0.15, 0.2) is 97.1 Å². The third-order valence-corrected chi connectivity index (χ3v) is 9.69. The Bertz CT molecular complexity index is 1540. The van der Waals surface area contributed by atoms with Crippen LogP contribution in [0.5, 0.6) is 11.5 Å². The Kier molecular flexibility index (Phi) is 15.9. The average molecular weight is 711 g/mol. The van der Waals surface area contributed by atoms with Crippen LogP contribution in [0.3, 0.4) is 0 Å². The van der Waals surface area contributed by atoms with Gasteiger partial charge in [0.05, 0.1) is 14.2 Å². The van der Waals surface area contributed by atoms with E-state index in [1.54, 1.807) is 26.4 Å². The highest BCUT2D eigenvalue weighted by Gasteiger charge is 2.34. The Labute approximate surface area is 303 Å². The van der Waals surface area contributed by atoms with Crippen LogP contribution in [-0.2, 0) is 23.1 Å². The van der Waals surface area contributed by atoms with Crippen LogP contribution in [0.4, 0.5) is 4.39 Å². The quantitative estimate of drug-likeness (QED) is 0.116. The maximum atomic E-state index is 13.2. The van der Waals surface area contributed by atoms with Gasteiger partial charge in [-0.25, -0.2) is 4.39 Å². The van der Waals surface area contributed by atoms with E-state index < -0.39 is 0 Å². The molecule has 5 rings (SSSR count). The normalized spacial score (nSPS) is 14.2. The number of aryl methyl sites for hydroxylation is 1. The molecule has 4 aromatic rings. The molecule has 1 aliphatic heterocycles. The van der Waals surface area contributed by atoms with Gasteiger partial charge in [0.25, 0.3) is 0 Å². The predicted molar refractivity (Wildman–Crippen MR) is 201 cm³/mol. The first-order valence-corrected chi connectivity index (χ1v) is 16.8. The van der Waals surface area contributed by atoms with Crippen LogP contribution < -0.4 is 20.5 Å². The monoisotopic (exact) mass is 709 g/mol. The van der Waals surface area contributed by atoms with Gasteiger partial charge < -0.3 is 20.5 Å². The van der Waals surface area contributed by atoms with Gasteiger partial charge in [0.15, 0.2) is 11.5 Å². The van der Waals surface area contributed by atoms with E-state index in [0.717, 1.165) is 62.3 Å². The highest BCUT2D eigenvalue weighted by molar-refractivity contribution is 5.85. The number of benzene rings is 4. The number of nitrogens with zero attached hydrogens (tertiary/aromatic N) is 1. The van der Waals surface area contributed by atoms with Crippen molar-refractivity contribution < 1.29 is 18.7 Å². The maximum Gasteiger partial charge on any atom is 0.220 e. The van der Waals surface area contributed by atoms with Crippen molar-refractivity contribution in [3.63, 3.8) is 0 Å². The van der Waals surface area contributed by atoms with Crippen LogP contribution in [0.2, 0.25) is 0 Å². The molecule has 0 fully saturated rings. The van der Waals surface area contributed by atoms with Crippen LogP contribution in [0.25, 0.3) is 0 Å². The summed E-state index contributed by atoms with van der Waals surface area (Å²) in [6.45, 7) is 3.01. The van der Waals surface area contributed by atoms with Crippen molar-refractivity contribution in [2.45, 2.75) is 56.4 Å². The lowest BCUT2D eigenvalue weighted by molar-refractivity contribution is -0.121. The summed E-state index contributed by atoms with van der Waals surface area (Å²) in [4.78, 5) is 15.2. The zero-order chi connectivity index (χ0) is 33.1. The van der Waals surface area contributed by atoms with Crippen LogP contribution in [0.1, 0.15) is 66.0 Å². The molecule has 0 bridgehead atoms. The standard InChI is InChI=1S/C40H48FN3O3.2ClH/c1-46-37-27-31-21-26-44(36(29-42)35(31)28-38(37)47-2)25-10-23-40(32-11-5-3-6-12-32,33-13-7-4-8-14-33)22-9-24-43-39(45)20-17-30-15-18-34(41)19-16-30;;/h3-8,11-16,18-19,27-28,36H,9-10,17,20-26,29,42H2,1-2H3,(H,43,45);2*1H. The van der Waals surface area contributed by atoms with Crippen molar-refractivity contribution in [1.29, 1.82) is 0 Å². The maximum absolute atomic E-state index is 13.2. The van der Waals surface area contributed by atoms with Gasteiger partial charge in [-0.15, -0.1) is 24.8 Å². The van der Waals surface area contributed by atoms with E-state index in [1.807, 2.05) is 0 Å². The number of carbonyl (C=O) groups excluding carboxylic acids is 1. The summed E-state index contributed by atoms with van der Waals surface area (Å²) >= 11 is 0. The van der Waals surface area contributed by atoms with Gasteiger partial charge in [-0.1, -0.05) is 72.8 Å². The summed E-state index contributed by atoms with van der Waals surface area (Å²) in [7, 11) is 3.35. The fraction of sp³-hybridized carbons (Fsp3) is 0.375. The zero-order valence-electron chi connectivity index (χ0n) is 28.5. The van der Waals surface area contributed by atoms with E-state index in [2.05, 4.69) is 83.0 Å². The molecule has 6 nitrogen and oxygen atoms in total. The SMILES string of the molecule is COc1cc2c(cc1OC)C(CN)N(CCCC(CCCNC(=O)CCc1ccc(F)cc1)(c1ccccc1)c1ccccc1)CC2.Cl.Cl. The molecule has 4 aromatic carbocycles. The Morgan fingerprint density at radius 2 is 1.47 bits per heavy atom. The highest BCUT2D eigenvalue weighted by atomic mass is 35.5. The number of halogens is 3. The Hall–Kier alpha value is -3.62. The number of hydrogen-bond acceptors (Lipinski definition) is 5. The minimum Gasteiger partial charge on any atom is -0.493 e. The average Bonchev–Trinajstić information content (AvgIpc) is 3.12. The molecular weight excluding hydrogens is 660 g/mol. The van der Waals surface area contributed by atoms with E-state index in [0.29, 0.717) is 25.9 Å². The molecule has 0 aliphatic carbocycles. The fourth-order valence-corrected chi connectivity index (χ4v) is 7.21. The van der Waals surface area contributed by atoms with Crippen molar-refractivity contribution in [1.82, 2.24) is 10.2 Å². The fourth-order valence-electron chi connectivity index (χ4n) is 7.21. The molecule has 3 N–H and O–H groups in total. The van der Waals surface area contributed by atoms with E-state index >= 15 is 0 Å². The van der Waals surface area contributed by atoms with Crippen LogP contribution in [0, 0.1) is 5.82 Å². The summed E-state index contributed by atoms with van der Waals surface area (Å²) in [5, 5.41) is 3.13. The third kappa shape index (κ3) is 9.98. The van der Waals surface area contributed by atoms with Crippen molar-refractivity contribution in [2.24, 2.45) is 5.73 Å². The smallest absolute Gasteiger partial charge is 0.220 e. The van der Waals surface area contributed by atoms with Crippen LogP contribution >= 0.6 is 24.8 Å². The number of nitrogens with one attached hydrogen (secondary N) is 1. The minimum absolute atomic E-state index is 0. The number of methoxy groups -OCH3 is 2. The van der Waals surface area contributed by atoms with Gasteiger partial charge >= 0.3 is 0 Å². The van der Waals surface area contributed by atoms with Crippen molar-refractivity contribution in [3.05, 3.63) is 131 Å². The summed E-state index contributed by atoms with van der Waals surface area (Å²) in [5.74, 6) is 1.25. The van der Waals surface area contributed by atoms with Crippen molar-refractivity contribution in [3.8, 4) is 11.5 Å². The lowest BCUT2D eigenvalue weighted by Crippen LogP contribution is -2.40. The second-order valence-electron chi connectivity index (χ2n) is 12.4. The number of fused-ring (bicyclic) bond motifs is 1. The lowest BCUT2D eigenvalue weighted by atomic mass is 9.68. The van der Waals surface area contributed by atoms with Gasteiger partial charge in [-0.05, 0) is 97.2 Å². The van der Waals surface area contributed by atoms with E-state index in [4.69, 9.17) is 15.2 Å². The second kappa shape index (κ2) is 19.5. The van der Waals surface area contributed by atoms with Crippen molar-refractivity contribution >= 4 is 30.7 Å². The molecule has 1 atom stereocenters. The molecule has 1 amide bonds. The topological polar surface area (TPSA) is 76.8 Å². The number of nitrogens with two attached hydrogens (primary N) is 1. The summed E-state index contributed by atoms with van der Waals surface area (Å²) in [5.41, 5.74) is 12.3. The molecule has 264 valence electrons. The molecule has 1 unspecified atom stereocenters. The predicted octanol–water partition coefficient (Wildman–Crippen LogP) is 7.84. The van der Waals surface area contributed by atoms with E-state index in [1.165, 1.54) is 34.4 Å². The van der Waals surface area contributed by atoms with Crippen LogP contribution in [-0.4, -0.2) is 51.2 Å². The van der Waals surface area contributed by atoms with Gasteiger partial charge in [-0.3, -0.25) is 9.69 Å². The first kappa shape index (κ1) is 39.8. The van der Waals surface area contributed by atoms with Gasteiger partial charge in [0.1, 0.15) is 5.82 Å². The molecule has 1 aliphatic rings. The molecule has 0 saturated carbocycles. The van der Waals surface area contributed by atoms with Gasteiger partial charge in [0.2, 0.25) is 5.91 Å². The molecule has 0 aromatic heterocycles. The molecule has 49 heavy (non-hydrogen) atoms. The molecule has 0 radical (unpaired) electrons. The Balaban J connectivity index is 0.00000325. The molecular formula is C40H50Cl2FN3O3. The Morgan fingerprint density at radius 1 is 0.878 bits per heavy atom. The highest BCUT2D eigenvalue weighted by Crippen LogP contribution is 2.42. The largest absolute Gasteiger partial charge is 0.493 e. The first-order valence-electron chi connectivity index (χ1n) is 16.8. The number of hydrogen-bond donors (Lipinski definition) is 2. The van der Waals surface area contributed by atoms with Gasteiger partial charge in [0, 0.05) is 37.5 Å². The number of carbonyl (C=O) groups is 1. The molecule has 1 heterocycles.